The molecule has 7 nitrogen and oxygen atoms in total. The topological polar surface area (TPSA) is 107 Å². The number of carbonyl (C=O) groups is 1. The SMILES string of the molecule is O=C(O)N1CCOCC1P(=O)(O)O. The average molecular weight is 211 g/mol. The first-order valence-electron chi connectivity index (χ1n) is 3.55. The summed E-state index contributed by atoms with van der Waals surface area (Å²) < 4.78 is 15.6. The second kappa shape index (κ2) is 3.63. The molecular weight excluding hydrogens is 201 g/mol. The quantitative estimate of drug-likeness (QED) is 0.504. The van der Waals surface area contributed by atoms with Gasteiger partial charge in [-0.25, -0.2) is 4.79 Å². The summed E-state index contributed by atoms with van der Waals surface area (Å²) in [6.45, 7) is -0.0928. The summed E-state index contributed by atoms with van der Waals surface area (Å²) in [5.41, 5.74) is 0. The Bertz CT molecular complexity index is 249. The number of carboxylic acid groups (broad SMARTS) is 1. The molecule has 1 aliphatic heterocycles. The molecule has 0 aromatic carbocycles. The third kappa shape index (κ3) is 2.41. The zero-order valence-electron chi connectivity index (χ0n) is 6.66. The van der Waals surface area contributed by atoms with Crippen molar-refractivity contribution >= 4 is 13.7 Å². The minimum absolute atomic E-state index is 0.00882. The van der Waals surface area contributed by atoms with Crippen LogP contribution < -0.4 is 0 Å². The fourth-order valence-corrected chi connectivity index (χ4v) is 1.97. The molecule has 1 atom stereocenters. The van der Waals surface area contributed by atoms with Crippen LogP contribution in [0.25, 0.3) is 0 Å². The van der Waals surface area contributed by atoms with Crippen LogP contribution in [0.2, 0.25) is 0 Å². The molecular formula is C5H10NO6P. The van der Waals surface area contributed by atoms with Crippen LogP contribution in [0.3, 0.4) is 0 Å². The molecule has 1 amide bonds. The van der Waals surface area contributed by atoms with Crippen molar-refractivity contribution in [1.29, 1.82) is 0 Å². The Morgan fingerprint density at radius 2 is 2.15 bits per heavy atom. The van der Waals surface area contributed by atoms with Crippen LogP contribution in [0.4, 0.5) is 4.79 Å². The highest BCUT2D eigenvalue weighted by molar-refractivity contribution is 7.52. The number of hydrogen-bond donors (Lipinski definition) is 3. The maximum Gasteiger partial charge on any atom is 0.408 e. The molecule has 0 radical (unpaired) electrons. The van der Waals surface area contributed by atoms with Crippen molar-refractivity contribution in [1.82, 2.24) is 4.90 Å². The van der Waals surface area contributed by atoms with Crippen molar-refractivity contribution < 1.29 is 29.0 Å². The van der Waals surface area contributed by atoms with E-state index in [4.69, 9.17) is 19.6 Å². The Morgan fingerprint density at radius 1 is 1.54 bits per heavy atom. The summed E-state index contributed by atoms with van der Waals surface area (Å²) in [7, 11) is -4.43. The van der Waals surface area contributed by atoms with Crippen LogP contribution in [0, 0.1) is 0 Å². The van der Waals surface area contributed by atoms with E-state index < -0.39 is 19.5 Å². The van der Waals surface area contributed by atoms with Crippen molar-refractivity contribution in [2.24, 2.45) is 0 Å². The number of amides is 1. The van der Waals surface area contributed by atoms with E-state index in [0.29, 0.717) is 4.90 Å². The van der Waals surface area contributed by atoms with E-state index in [-0.39, 0.29) is 19.8 Å². The van der Waals surface area contributed by atoms with Gasteiger partial charge in [-0.15, -0.1) is 0 Å². The van der Waals surface area contributed by atoms with Crippen molar-refractivity contribution in [3.05, 3.63) is 0 Å². The number of morpholine rings is 1. The van der Waals surface area contributed by atoms with E-state index in [1.54, 1.807) is 0 Å². The highest BCUT2D eigenvalue weighted by Gasteiger charge is 2.39. The van der Waals surface area contributed by atoms with Gasteiger partial charge < -0.3 is 19.6 Å². The number of ether oxygens (including phenoxy) is 1. The predicted octanol–water partition coefficient (Wildman–Crippen LogP) is -0.500. The molecule has 0 spiro atoms. The van der Waals surface area contributed by atoms with Crippen molar-refractivity contribution in [2.75, 3.05) is 19.8 Å². The van der Waals surface area contributed by atoms with E-state index in [9.17, 15) is 9.36 Å². The molecule has 1 saturated heterocycles. The Morgan fingerprint density at radius 3 is 2.54 bits per heavy atom. The zero-order chi connectivity index (χ0) is 10.1. The van der Waals surface area contributed by atoms with Gasteiger partial charge in [0.05, 0.1) is 13.2 Å². The average Bonchev–Trinajstić information content (AvgIpc) is 2.03. The van der Waals surface area contributed by atoms with Crippen LogP contribution >= 0.6 is 7.60 Å². The maximum absolute atomic E-state index is 10.8. The molecule has 76 valence electrons. The van der Waals surface area contributed by atoms with Gasteiger partial charge in [0.2, 0.25) is 0 Å². The lowest BCUT2D eigenvalue weighted by Crippen LogP contribution is -2.47. The van der Waals surface area contributed by atoms with Crippen molar-refractivity contribution in [3.63, 3.8) is 0 Å². The van der Waals surface area contributed by atoms with Crippen molar-refractivity contribution in [2.45, 2.75) is 5.78 Å². The Balaban J connectivity index is 2.79. The fourth-order valence-electron chi connectivity index (χ4n) is 1.09. The van der Waals surface area contributed by atoms with Crippen LogP contribution in [-0.4, -0.2) is 51.4 Å². The van der Waals surface area contributed by atoms with Gasteiger partial charge in [-0.2, -0.15) is 0 Å². The van der Waals surface area contributed by atoms with E-state index >= 15 is 0 Å². The van der Waals surface area contributed by atoms with Gasteiger partial charge in [-0.3, -0.25) is 9.46 Å². The largest absolute Gasteiger partial charge is 0.465 e. The lowest BCUT2D eigenvalue weighted by Gasteiger charge is -2.33. The molecule has 0 aromatic heterocycles. The maximum atomic E-state index is 10.8. The Kier molecular flexibility index (Phi) is 2.92. The second-order valence-electron chi connectivity index (χ2n) is 2.62. The second-order valence-corrected chi connectivity index (χ2v) is 4.39. The monoisotopic (exact) mass is 211 g/mol. The lowest BCUT2D eigenvalue weighted by molar-refractivity contribution is 0.0177. The van der Waals surface area contributed by atoms with Gasteiger partial charge in [0.1, 0.15) is 0 Å². The van der Waals surface area contributed by atoms with E-state index in [2.05, 4.69) is 0 Å². The first kappa shape index (κ1) is 10.5. The number of rotatable bonds is 1. The molecule has 1 heterocycles. The molecule has 1 fully saturated rings. The highest BCUT2D eigenvalue weighted by Crippen LogP contribution is 2.43. The summed E-state index contributed by atoms with van der Waals surface area (Å²) in [4.78, 5) is 28.8. The summed E-state index contributed by atoms with van der Waals surface area (Å²) >= 11 is 0. The van der Waals surface area contributed by atoms with Gasteiger partial charge in [0.25, 0.3) is 0 Å². The van der Waals surface area contributed by atoms with Crippen LogP contribution in [0.1, 0.15) is 0 Å². The van der Waals surface area contributed by atoms with Crippen LogP contribution in [0.5, 0.6) is 0 Å². The van der Waals surface area contributed by atoms with E-state index in [1.165, 1.54) is 0 Å². The third-order valence-electron chi connectivity index (χ3n) is 1.74. The zero-order valence-corrected chi connectivity index (χ0v) is 7.55. The van der Waals surface area contributed by atoms with Crippen LogP contribution in [0.15, 0.2) is 0 Å². The Hall–Kier alpha value is -0.620. The first-order chi connectivity index (χ1) is 5.93. The summed E-state index contributed by atoms with van der Waals surface area (Å²) in [5, 5.41) is 8.60. The van der Waals surface area contributed by atoms with Gasteiger partial charge in [0.15, 0.2) is 5.78 Å². The molecule has 8 heteroatoms. The van der Waals surface area contributed by atoms with Gasteiger partial charge >= 0.3 is 13.7 Å². The summed E-state index contributed by atoms with van der Waals surface area (Å²) in [6, 6.07) is 0. The molecule has 0 aromatic rings. The molecule has 1 unspecified atom stereocenters. The smallest absolute Gasteiger partial charge is 0.408 e. The fraction of sp³-hybridized carbons (Fsp3) is 0.800. The molecule has 1 rings (SSSR count). The lowest BCUT2D eigenvalue weighted by atomic mass is 10.4. The van der Waals surface area contributed by atoms with E-state index in [1.807, 2.05) is 0 Å². The molecule has 0 aliphatic carbocycles. The van der Waals surface area contributed by atoms with Gasteiger partial charge in [0, 0.05) is 6.54 Å². The first-order valence-corrected chi connectivity index (χ1v) is 5.23. The third-order valence-corrected chi connectivity index (χ3v) is 2.94. The highest BCUT2D eigenvalue weighted by atomic mass is 31.2. The summed E-state index contributed by atoms with van der Waals surface area (Å²) in [6.07, 6.45) is -1.34. The van der Waals surface area contributed by atoms with Crippen molar-refractivity contribution in [3.8, 4) is 0 Å². The molecule has 3 N–H and O–H groups in total. The number of hydrogen-bond acceptors (Lipinski definition) is 3. The molecule has 0 saturated carbocycles. The summed E-state index contributed by atoms with van der Waals surface area (Å²) in [5.74, 6) is -1.36. The standard InChI is InChI=1S/C5H10NO6P/c7-5(8)6-1-2-12-3-4(6)13(9,10)11/h4H,1-3H2,(H,7,8)(H2,9,10,11). The minimum Gasteiger partial charge on any atom is -0.465 e. The Labute approximate surface area is 74.1 Å². The molecule has 1 aliphatic rings. The number of nitrogens with zero attached hydrogens (tertiary/aromatic N) is 1. The van der Waals surface area contributed by atoms with Crippen LogP contribution in [-0.2, 0) is 9.30 Å². The van der Waals surface area contributed by atoms with Gasteiger partial charge in [-0.05, 0) is 0 Å². The molecule has 0 bridgehead atoms. The normalized spacial score (nSPS) is 24.5. The van der Waals surface area contributed by atoms with Gasteiger partial charge in [-0.1, -0.05) is 0 Å². The predicted molar refractivity (Wildman–Crippen MR) is 41.4 cm³/mol. The molecule has 13 heavy (non-hydrogen) atoms. The minimum atomic E-state index is -4.43. The van der Waals surface area contributed by atoms with E-state index in [0.717, 1.165) is 0 Å².